The van der Waals surface area contributed by atoms with Crippen molar-refractivity contribution in [2.45, 2.75) is 57.5 Å². The Morgan fingerprint density at radius 1 is 1.15 bits per heavy atom. The summed E-state index contributed by atoms with van der Waals surface area (Å²) in [6.07, 6.45) is 1.89. The van der Waals surface area contributed by atoms with Crippen molar-refractivity contribution in [3.63, 3.8) is 0 Å². The summed E-state index contributed by atoms with van der Waals surface area (Å²) in [7, 11) is -3.35. The van der Waals surface area contributed by atoms with E-state index in [9.17, 15) is 8.42 Å². The Labute approximate surface area is 174 Å². The molecule has 0 aliphatic carbocycles. The summed E-state index contributed by atoms with van der Waals surface area (Å²) < 4.78 is 26.6. The molecule has 26 heavy (non-hydrogen) atoms. The largest absolute Gasteiger partial charge is 0.357 e. The Bertz CT molecular complexity index is 691. The Kier molecular flexibility index (Phi) is 8.81. The zero-order chi connectivity index (χ0) is 18.5. The van der Waals surface area contributed by atoms with E-state index in [0.29, 0.717) is 24.5 Å². The molecule has 1 heterocycles. The standard InChI is InChI=1S/C18H30N4O2S.HI/c1-5-19-17(21-18(2,3)4)20-14-15-8-10-16(11-9-15)25(23,24)22-12-6-7-13-22;/h8-11H,5-7,12-14H2,1-4H3,(H2,19,20,21);1H. The fraction of sp³-hybridized carbons (Fsp3) is 0.611. The van der Waals surface area contributed by atoms with E-state index in [0.717, 1.165) is 30.9 Å². The monoisotopic (exact) mass is 494 g/mol. The number of halogens is 1. The first-order valence-electron chi connectivity index (χ1n) is 8.88. The quantitative estimate of drug-likeness (QED) is 0.375. The molecule has 1 aliphatic heterocycles. The number of guanidine groups is 1. The van der Waals surface area contributed by atoms with Gasteiger partial charge >= 0.3 is 0 Å². The highest BCUT2D eigenvalue weighted by Gasteiger charge is 2.26. The molecule has 0 saturated carbocycles. The number of nitrogens with one attached hydrogen (secondary N) is 2. The van der Waals surface area contributed by atoms with Crippen LogP contribution in [0.3, 0.4) is 0 Å². The minimum Gasteiger partial charge on any atom is -0.357 e. The number of hydrogen-bond donors (Lipinski definition) is 2. The zero-order valence-corrected chi connectivity index (χ0v) is 19.2. The lowest BCUT2D eigenvalue weighted by atomic mass is 10.1. The van der Waals surface area contributed by atoms with Crippen LogP contribution in [0.2, 0.25) is 0 Å². The van der Waals surface area contributed by atoms with Crippen molar-refractivity contribution in [2.75, 3.05) is 19.6 Å². The predicted molar refractivity (Wildman–Crippen MR) is 118 cm³/mol. The molecule has 148 valence electrons. The second-order valence-electron chi connectivity index (χ2n) is 7.33. The van der Waals surface area contributed by atoms with Gasteiger partial charge in [0.1, 0.15) is 0 Å². The van der Waals surface area contributed by atoms with Gasteiger partial charge in [0.15, 0.2) is 5.96 Å². The summed E-state index contributed by atoms with van der Waals surface area (Å²) in [6, 6.07) is 7.05. The number of nitrogens with zero attached hydrogens (tertiary/aromatic N) is 2. The van der Waals surface area contributed by atoms with Crippen LogP contribution in [-0.4, -0.2) is 43.9 Å². The van der Waals surface area contributed by atoms with E-state index in [4.69, 9.17) is 0 Å². The SMILES string of the molecule is CCNC(=NCc1ccc(S(=O)(=O)N2CCCC2)cc1)NC(C)(C)C.I. The highest BCUT2D eigenvalue weighted by molar-refractivity contribution is 14.0. The lowest BCUT2D eigenvalue weighted by Crippen LogP contribution is -2.47. The van der Waals surface area contributed by atoms with E-state index in [1.54, 1.807) is 16.4 Å². The molecule has 8 heteroatoms. The first kappa shape index (κ1) is 23.2. The molecule has 1 aromatic rings. The Morgan fingerprint density at radius 3 is 2.23 bits per heavy atom. The van der Waals surface area contributed by atoms with Gasteiger partial charge in [0.05, 0.1) is 11.4 Å². The summed E-state index contributed by atoms with van der Waals surface area (Å²) in [5, 5.41) is 6.55. The lowest BCUT2D eigenvalue weighted by molar-refractivity contribution is 0.477. The second kappa shape index (κ2) is 9.89. The number of sulfonamides is 1. The smallest absolute Gasteiger partial charge is 0.243 e. The number of rotatable bonds is 5. The average Bonchev–Trinajstić information content (AvgIpc) is 3.07. The van der Waals surface area contributed by atoms with Crippen molar-refractivity contribution in [3.8, 4) is 0 Å². The van der Waals surface area contributed by atoms with Gasteiger partial charge in [0, 0.05) is 25.2 Å². The van der Waals surface area contributed by atoms with Gasteiger partial charge < -0.3 is 10.6 Å². The molecular weight excluding hydrogens is 463 g/mol. The highest BCUT2D eigenvalue weighted by atomic mass is 127. The van der Waals surface area contributed by atoms with E-state index in [1.165, 1.54) is 0 Å². The Morgan fingerprint density at radius 2 is 1.73 bits per heavy atom. The fourth-order valence-corrected chi connectivity index (χ4v) is 4.19. The van der Waals surface area contributed by atoms with Crippen molar-refractivity contribution in [3.05, 3.63) is 29.8 Å². The van der Waals surface area contributed by atoms with Crippen molar-refractivity contribution < 1.29 is 8.42 Å². The number of benzene rings is 1. The maximum absolute atomic E-state index is 12.5. The molecular formula is C18H31IN4O2S. The van der Waals surface area contributed by atoms with Gasteiger partial charge in [-0.15, -0.1) is 24.0 Å². The molecule has 0 radical (unpaired) electrons. The normalized spacial score (nSPS) is 16.2. The van der Waals surface area contributed by atoms with Gasteiger partial charge in [0.2, 0.25) is 10.0 Å². The van der Waals surface area contributed by atoms with E-state index < -0.39 is 10.0 Å². The minimum atomic E-state index is -3.35. The van der Waals surface area contributed by atoms with E-state index in [2.05, 4.69) is 36.4 Å². The molecule has 1 aliphatic rings. The van der Waals surface area contributed by atoms with E-state index in [1.807, 2.05) is 19.1 Å². The first-order chi connectivity index (χ1) is 11.7. The molecule has 0 aromatic heterocycles. The van der Waals surface area contributed by atoms with Crippen LogP contribution in [0, 0.1) is 0 Å². The maximum atomic E-state index is 12.5. The van der Waals surface area contributed by atoms with Crippen LogP contribution in [-0.2, 0) is 16.6 Å². The minimum absolute atomic E-state index is 0. The highest BCUT2D eigenvalue weighted by Crippen LogP contribution is 2.21. The zero-order valence-electron chi connectivity index (χ0n) is 16.1. The molecule has 2 rings (SSSR count). The van der Waals surface area contributed by atoms with Crippen molar-refractivity contribution in [1.82, 2.24) is 14.9 Å². The summed E-state index contributed by atoms with van der Waals surface area (Å²) in [4.78, 5) is 4.94. The summed E-state index contributed by atoms with van der Waals surface area (Å²) in [6.45, 7) is 10.8. The molecule has 0 spiro atoms. The number of aliphatic imine (C=N–C) groups is 1. The summed E-state index contributed by atoms with van der Waals surface area (Å²) in [5.74, 6) is 0.753. The van der Waals surface area contributed by atoms with Gasteiger partial charge in [-0.25, -0.2) is 13.4 Å². The van der Waals surface area contributed by atoms with Gasteiger partial charge in [-0.1, -0.05) is 12.1 Å². The Balaban J connectivity index is 0.00000338. The number of hydrogen-bond acceptors (Lipinski definition) is 3. The van der Waals surface area contributed by atoms with Crippen molar-refractivity contribution in [2.24, 2.45) is 4.99 Å². The third-order valence-corrected chi connectivity index (χ3v) is 5.80. The third kappa shape index (κ3) is 6.70. The van der Waals surface area contributed by atoms with Gasteiger partial charge in [-0.3, -0.25) is 0 Å². The van der Waals surface area contributed by atoms with Crippen LogP contribution in [0.5, 0.6) is 0 Å². The van der Waals surface area contributed by atoms with Crippen LogP contribution in [0.25, 0.3) is 0 Å². The van der Waals surface area contributed by atoms with Crippen LogP contribution in [0.15, 0.2) is 34.2 Å². The molecule has 0 bridgehead atoms. The predicted octanol–water partition coefficient (Wildman–Crippen LogP) is 2.94. The summed E-state index contributed by atoms with van der Waals surface area (Å²) >= 11 is 0. The Hall–Kier alpha value is -0.870. The molecule has 0 unspecified atom stereocenters. The maximum Gasteiger partial charge on any atom is 0.243 e. The molecule has 6 nitrogen and oxygen atoms in total. The van der Waals surface area contributed by atoms with Crippen molar-refractivity contribution in [1.29, 1.82) is 0 Å². The molecule has 0 amide bonds. The van der Waals surface area contributed by atoms with Crippen LogP contribution in [0.1, 0.15) is 46.1 Å². The average molecular weight is 494 g/mol. The van der Waals surface area contributed by atoms with Gasteiger partial charge in [-0.2, -0.15) is 4.31 Å². The topological polar surface area (TPSA) is 73.8 Å². The van der Waals surface area contributed by atoms with Gasteiger partial charge in [0.25, 0.3) is 0 Å². The van der Waals surface area contributed by atoms with Crippen LogP contribution < -0.4 is 10.6 Å². The van der Waals surface area contributed by atoms with E-state index in [-0.39, 0.29) is 29.5 Å². The lowest BCUT2D eigenvalue weighted by Gasteiger charge is -2.23. The molecule has 2 N–H and O–H groups in total. The second-order valence-corrected chi connectivity index (χ2v) is 9.26. The molecule has 1 saturated heterocycles. The van der Waals surface area contributed by atoms with E-state index >= 15 is 0 Å². The van der Waals surface area contributed by atoms with Crippen molar-refractivity contribution >= 4 is 40.0 Å². The molecule has 0 atom stereocenters. The van der Waals surface area contributed by atoms with Gasteiger partial charge in [-0.05, 0) is 58.2 Å². The summed E-state index contributed by atoms with van der Waals surface area (Å²) in [5.41, 5.74) is 0.903. The third-order valence-electron chi connectivity index (χ3n) is 3.88. The van der Waals surface area contributed by atoms with Crippen LogP contribution >= 0.6 is 24.0 Å². The fourth-order valence-electron chi connectivity index (χ4n) is 2.68. The molecule has 1 fully saturated rings. The molecule has 1 aromatic carbocycles. The van der Waals surface area contributed by atoms with Crippen LogP contribution in [0.4, 0.5) is 0 Å². The first-order valence-corrected chi connectivity index (χ1v) is 10.3.